The lowest BCUT2D eigenvalue weighted by Gasteiger charge is -2.18. The maximum absolute atomic E-state index is 13.2. The van der Waals surface area contributed by atoms with Crippen molar-refractivity contribution in [3.63, 3.8) is 0 Å². The van der Waals surface area contributed by atoms with Gasteiger partial charge in [-0.15, -0.1) is 0 Å². The molecule has 2 atom stereocenters. The van der Waals surface area contributed by atoms with Crippen LogP contribution in [0.3, 0.4) is 0 Å². The van der Waals surface area contributed by atoms with Crippen molar-refractivity contribution >= 4 is 89.9 Å². The Morgan fingerprint density at radius 1 is 0.971 bits per heavy atom. The van der Waals surface area contributed by atoms with Crippen LogP contribution in [0, 0.1) is 11.7 Å². The first kappa shape index (κ1) is 25.5. The highest BCUT2D eigenvalue weighted by Gasteiger charge is 2.66. The van der Waals surface area contributed by atoms with Gasteiger partial charge >= 0.3 is 0 Å². The summed E-state index contributed by atoms with van der Waals surface area (Å²) in [6, 6.07) is 15.4. The van der Waals surface area contributed by atoms with Gasteiger partial charge in [0.15, 0.2) is 0 Å². The van der Waals surface area contributed by atoms with Crippen molar-refractivity contribution in [2.24, 2.45) is 5.92 Å². The molecule has 0 aromatic heterocycles. The summed E-state index contributed by atoms with van der Waals surface area (Å²) >= 11 is 25.7. The summed E-state index contributed by atoms with van der Waals surface area (Å²) in [5.41, 5.74) is 1.93. The number of hydrogen-bond donors (Lipinski definition) is 1. The van der Waals surface area contributed by atoms with E-state index in [4.69, 9.17) is 34.8 Å². The first-order valence-corrected chi connectivity index (χ1v) is 12.7. The van der Waals surface area contributed by atoms with Crippen LogP contribution in [-0.4, -0.2) is 22.1 Å². The van der Waals surface area contributed by atoms with Crippen LogP contribution in [0.4, 0.5) is 15.8 Å². The average Bonchev–Trinajstić information content (AvgIpc) is 3.36. The quantitative estimate of drug-likeness (QED) is 0.286. The predicted octanol–water partition coefficient (Wildman–Crippen LogP) is 7.90. The van der Waals surface area contributed by atoms with Crippen LogP contribution in [0.5, 0.6) is 0 Å². The summed E-state index contributed by atoms with van der Waals surface area (Å²) in [4.78, 5) is 27.5. The van der Waals surface area contributed by atoms with E-state index in [0.717, 1.165) is 5.56 Å². The minimum absolute atomic E-state index is 0.198. The Bertz CT molecular complexity index is 1270. The Kier molecular flexibility index (Phi) is 7.32. The molecule has 1 fully saturated rings. The van der Waals surface area contributed by atoms with Gasteiger partial charge in [-0.1, -0.05) is 66.7 Å². The van der Waals surface area contributed by atoms with Crippen molar-refractivity contribution in [2.75, 3.05) is 17.3 Å². The summed E-state index contributed by atoms with van der Waals surface area (Å²) in [6.07, 6.45) is 0. The van der Waals surface area contributed by atoms with E-state index in [1.165, 1.54) is 35.2 Å². The number of nitrogens with zero attached hydrogens (tertiary/aromatic N) is 1. The number of anilines is 2. The molecule has 0 aliphatic heterocycles. The van der Waals surface area contributed by atoms with Crippen molar-refractivity contribution in [1.29, 1.82) is 0 Å². The molecule has 4 rings (SSSR count). The van der Waals surface area contributed by atoms with Gasteiger partial charge in [-0.25, -0.2) is 4.39 Å². The summed E-state index contributed by atoms with van der Waals surface area (Å²) < 4.78 is 12.6. The van der Waals surface area contributed by atoms with Gasteiger partial charge in [0, 0.05) is 34.4 Å². The molecular weight excluding hydrogens is 633 g/mol. The number of halogens is 6. The van der Waals surface area contributed by atoms with E-state index in [2.05, 4.69) is 37.2 Å². The number of rotatable bonds is 5. The van der Waals surface area contributed by atoms with Gasteiger partial charge < -0.3 is 10.2 Å². The van der Waals surface area contributed by atoms with Gasteiger partial charge in [-0.3, -0.25) is 9.59 Å². The number of amides is 2. The van der Waals surface area contributed by atoms with E-state index in [1.54, 1.807) is 37.4 Å². The van der Waals surface area contributed by atoms with Crippen molar-refractivity contribution in [3.8, 4) is 0 Å². The van der Waals surface area contributed by atoms with Gasteiger partial charge in [-0.2, -0.15) is 0 Å². The molecule has 176 valence electrons. The van der Waals surface area contributed by atoms with E-state index in [0.29, 0.717) is 21.4 Å². The third-order valence-electron chi connectivity index (χ3n) is 5.56. The van der Waals surface area contributed by atoms with Crippen LogP contribution >= 0.6 is 66.7 Å². The Morgan fingerprint density at radius 3 is 2.21 bits per heavy atom. The van der Waals surface area contributed by atoms with Crippen molar-refractivity contribution < 1.29 is 14.0 Å². The van der Waals surface area contributed by atoms with Crippen LogP contribution in [0.1, 0.15) is 21.8 Å². The maximum Gasteiger partial charge on any atom is 0.259 e. The average molecular weight is 650 g/mol. The van der Waals surface area contributed by atoms with Crippen molar-refractivity contribution in [3.05, 3.63) is 92.7 Å². The van der Waals surface area contributed by atoms with E-state index in [9.17, 15) is 14.0 Å². The van der Waals surface area contributed by atoms with Crippen LogP contribution in [-0.2, 0) is 4.79 Å². The second-order valence-electron chi connectivity index (χ2n) is 7.86. The molecule has 2 amide bonds. The van der Waals surface area contributed by atoms with E-state index < -0.39 is 20.9 Å². The fourth-order valence-electron chi connectivity index (χ4n) is 3.77. The lowest BCUT2D eigenvalue weighted by Crippen LogP contribution is -2.26. The minimum atomic E-state index is -0.661. The fraction of sp³-hybridized carbons (Fsp3) is 0.167. The highest BCUT2D eigenvalue weighted by atomic mass is 79.9. The molecule has 34 heavy (non-hydrogen) atoms. The first-order chi connectivity index (χ1) is 16.0. The Hall–Kier alpha value is -1.64. The number of carbonyl (C=O) groups excluding carboxylic acids is 2. The molecule has 10 heteroatoms. The standard InChI is InChI=1S/C24H16Br2Cl3FN2O2/c1-32(17-5-2-15(30)3-6-17)23(34)18-11-16(4-7-19(18)29)31-22(33)21-20(24(21,25)26)12-8-13(27)10-14(28)9-12/h2-11,20-21H,1H3,(H,31,33)/t20-,21+/m0/s1. The molecule has 4 nitrogen and oxygen atoms in total. The highest BCUT2D eigenvalue weighted by molar-refractivity contribution is 9.25. The van der Waals surface area contributed by atoms with Gasteiger partial charge in [-0.05, 0) is 66.2 Å². The van der Waals surface area contributed by atoms with E-state index in [1.807, 2.05) is 0 Å². The number of benzene rings is 3. The summed E-state index contributed by atoms with van der Waals surface area (Å²) in [5, 5.41) is 4.04. The molecule has 1 saturated carbocycles. The number of alkyl halides is 2. The SMILES string of the molecule is CN(C(=O)c1cc(NC(=O)[C@H]2[C@H](c3cc(Cl)cc(Cl)c3)C2(Br)Br)ccc1Cl)c1ccc(F)cc1. The zero-order valence-electron chi connectivity index (χ0n) is 17.5. The number of hydrogen-bond acceptors (Lipinski definition) is 2. The normalized spacial score (nSPS) is 18.3. The fourth-order valence-corrected chi connectivity index (χ4v) is 6.25. The van der Waals surface area contributed by atoms with Gasteiger partial charge in [0.1, 0.15) is 9.05 Å². The minimum Gasteiger partial charge on any atom is -0.326 e. The Labute approximate surface area is 227 Å². The summed E-state index contributed by atoms with van der Waals surface area (Å²) in [6.45, 7) is 0. The van der Waals surface area contributed by atoms with Crippen LogP contribution in [0.2, 0.25) is 15.1 Å². The molecule has 3 aromatic rings. The second-order valence-corrected chi connectivity index (χ2v) is 12.8. The van der Waals surface area contributed by atoms with Crippen LogP contribution < -0.4 is 10.2 Å². The molecule has 0 spiro atoms. The van der Waals surface area contributed by atoms with Gasteiger partial charge in [0.05, 0.1) is 16.5 Å². The van der Waals surface area contributed by atoms with Crippen molar-refractivity contribution in [2.45, 2.75) is 9.15 Å². The summed E-state index contributed by atoms with van der Waals surface area (Å²) in [7, 11) is 1.56. The van der Waals surface area contributed by atoms with Gasteiger partial charge in [0.2, 0.25) is 5.91 Å². The molecule has 3 aromatic carbocycles. The third kappa shape index (κ3) is 5.14. The molecule has 1 aliphatic rings. The molecule has 1 aliphatic carbocycles. The molecule has 0 unspecified atom stereocenters. The Morgan fingerprint density at radius 2 is 1.59 bits per heavy atom. The third-order valence-corrected chi connectivity index (χ3v) is 8.30. The topological polar surface area (TPSA) is 49.4 Å². The van der Waals surface area contributed by atoms with Crippen LogP contribution in [0.25, 0.3) is 0 Å². The van der Waals surface area contributed by atoms with Crippen molar-refractivity contribution in [1.82, 2.24) is 0 Å². The van der Waals surface area contributed by atoms with Gasteiger partial charge in [0.25, 0.3) is 5.91 Å². The maximum atomic E-state index is 13.2. The Balaban J connectivity index is 1.53. The van der Waals surface area contributed by atoms with E-state index in [-0.39, 0.29) is 22.4 Å². The molecule has 0 saturated heterocycles. The summed E-state index contributed by atoms with van der Waals surface area (Å²) in [5.74, 6) is -1.73. The zero-order valence-corrected chi connectivity index (χ0v) is 22.9. The molecule has 0 heterocycles. The number of nitrogens with one attached hydrogen (secondary N) is 1. The van der Waals surface area contributed by atoms with Crippen LogP contribution in [0.15, 0.2) is 60.7 Å². The van der Waals surface area contributed by atoms with E-state index >= 15 is 0 Å². The lowest BCUT2D eigenvalue weighted by molar-refractivity contribution is -0.117. The smallest absolute Gasteiger partial charge is 0.259 e. The lowest BCUT2D eigenvalue weighted by atomic mass is 10.1. The first-order valence-electron chi connectivity index (χ1n) is 9.97. The monoisotopic (exact) mass is 646 g/mol. The molecule has 1 N–H and O–H groups in total. The molecule has 0 bridgehead atoms. The largest absolute Gasteiger partial charge is 0.326 e. The number of carbonyl (C=O) groups is 2. The molecule has 0 radical (unpaired) electrons. The zero-order chi connectivity index (χ0) is 24.8. The highest BCUT2D eigenvalue weighted by Crippen LogP contribution is 2.67. The second kappa shape index (κ2) is 9.78. The molecular formula is C24H16Br2Cl3FN2O2. The predicted molar refractivity (Wildman–Crippen MR) is 142 cm³/mol.